The minimum absolute atomic E-state index is 0.0191. The molecule has 1 aromatic heterocycles. The number of halogens is 1. The van der Waals surface area contributed by atoms with Gasteiger partial charge in [0.1, 0.15) is 5.75 Å². The smallest absolute Gasteiger partial charge is 0.289 e. The van der Waals surface area contributed by atoms with Crippen LogP contribution in [0.25, 0.3) is 0 Å². The topological polar surface area (TPSA) is 70.8 Å². The summed E-state index contributed by atoms with van der Waals surface area (Å²) >= 11 is 5.83. The molecule has 1 aliphatic heterocycles. The van der Waals surface area contributed by atoms with Gasteiger partial charge in [-0.05, 0) is 29.8 Å². The summed E-state index contributed by atoms with van der Waals surface area (Å²) in [5, 5.41) is 0.623. The number of benzene rings is 1. The molecule has 6 nitrogen and oxygen atoms in total. The minimum Gasteiger partial charge on any atom is -0.459 e. The van der Waals surface area contributed by atoms with Crippen molar-refractivity contribution >= 4 is 34.2 Å². The van der Waals surface area contributed by atoms with Gasteiger partial charge in [0, 0.05) is 47.8 Å². The summed E-state index contributed by atoms with van der Waals surface area (Å²) in [6.07, 6.45) is 1.46. The zero-order chi connectivity index (χ0) is 18.5. The van der Waals surface area contributed by atoms with Crippen LogP contribution in [0.1, 0.15) is 16.1 Å². The summed E-state index contributed by atoms with van der Waals surface area (Å²) in [5.41, 5.74) is 0.884. The van der Waals surface area contributed by atoms with Crippen LogP contribution in [0.4, 0.5) is 0 Å². The van der Waals surface area contributed by atoms with Gasteiger partial charge in [-0.25, -0.2) is 0 Å². The number of amides is 2. The molecular formula is C18H19ClN2O4S. The Labute approximate surface area is 159 Å². The van der Waals surface area contributed by atoms with Crippen molar-refractivity contribution in [2.45, 2.75) is 5.75 Å². The number of piperazine rings is 1. The van der Waals surface area contributed by atoms with E-state index < -0.39 is 10.8 Å². The first-order chi connectivity index (χ1) is 12.5. The van der Waals surface area contributed by atoms with E-state index in [9.17, 15) is 13.8 Å². The Morgan fingerprint density at radius 3 is 2.31 bits per heavy atom. The van der Waals surface area contributed by atoms with Crippen LogP contribution in [0.2, 0.25) is 5.02 Å². The van der Waals surface area contributed by atoms with Gasteiger partial charge in [-0.3, -0.25) is 13.8 Å². The second-order valence-corrected chi connectivity index (χ2v) is 7.90. The number of carbonyl (C=O) groups excluding carboxylic acids is 2. The van der Waals surface area contributed by atoms with E-state index in [-0.39, 0.29) is 17.6 Å². The predicted octanol–water partition coefficient (Wildman–Crippen LogP) is 2.17. The van der Waals surface area contributed by atoms with Gasteiger partial charge in [0.25, 0.3) is 5.91 Å². The molecule has 8 heteroatoms. The molecule has 0 aliphatic carbocycles. The molecular weight excluding hydrogens is 376 g/mol. The van der Waals surface area contributed by atoms with Crippen molar-refractivity contribution in [2.75, 3.05) is 31.9 Å². The number of hydrogen-bond acceptors (Lipinski definition) is 4. The molecule has 138 valence electrons. The number of carbonyl (C=O) groups is 2. The standard InChI is InChI=1S/C18H19ClN2O4S/c19-15-5-3-14(4-6-15)12-26(24)13-17(22)20-7-9-21(10-8-20)18(23)16-2-1-11-25-16/h1-6,11H,7-10,12-13H2. The van der Waals surface area contributed by atoms with E-state index in [0.717, 1.165) is 5.56 Å². The monoisotopic (exact) mass is 394 g/mol. The molecule has 1 fully saturated rings. The molecule has 3 rings (SSSR count). The Kier molecular flexibility index (Phi) is 6.11. The maximum Gasteiger partial charge on any atom is 0.289 e. The Balaban J connectivity index is 1.46. The van der Waals surface area contributed by atoms with Gasteiger partial charge in [-0.15, -0.1) is 0 Å². The summed E-state index contributed by atoms with van der Waals surface area (Å²) in [7, 11) is -1.28. The summed E-state index contributed by atoms with van der Waals surface area (Å²) in [6.45, 7) is 1.75. The van der Waals surface area contributed by atoms with Crippen molar-refractivity contribution in [3.05, 3.63) is 59.0 Å². The van der Waals surface area contributed by atoms with Gasteiger partial charge in [0.05, 0.1) is 6.26 Å². The van der Waals surface area contributed by atoms with Crippen molar-refractivity contribution < 1.29 is 18.2 Å². The van der Waals surface area contributed by atoms with Crippen molar-refractivity contribution in [2.24, 2.45) is 0 Å². The van der Waals surface area contributed by atoms with Crippen LogP contribution in [0.15, 0.2) is 47.1 Å². The van der Waals surface area contributed by atoms with Gasteiger partial charge in [-0.2, -0.15) is 0 Å². The number of furan rings is 1. The van der Waals surface area contributed by atoms with E-state index in [0.29, 0.717) is 42.7 Å². The van der Waals surface area contributed by atoms with Crippen molar-refractivity contribution in [1.82, 2.24) is 9.80 Å². The van der Waals surface area contributed by atoms with Crippen molar-refractivity contribution in [3.8, 4) is 0 Å². The highest BCUT2D eigenvalue weighted by molar-refractivity contribution is 7.84. The quantitative estimate of drug-likeness (QED) is 0.779. The number of hydrogen-bond donors (Lipinski definition) is 0. The molecule has 1 unspecified atom stereocenters. The van der Waals surface area contributed by atoms with Crippen LogP contribution >= 0.6 is 11.6 Å². The van der Waals surface area contributed by atoms with Crippen LogP contribution < -0.4 is 0 Å². The maximum absolute atomic E-state index is 12.3. The second-order valence-electron chi connectivity index (χ2n) is 6.01. The minimum atomic E-state index is -1.28. The molecule has 0 bridgehead atoms. The second kappa shape index (κ2) is 8.51. The summed E-state index contributed by atoms with van der Waals surface area (Å²) in [5.74, 6) is 0.277. The fraction of sp³-hybridized carbons (Fsp3) is 0.333. The van der Waals surface area contributed by atoms with Gasteiger partial charge < -0.3 is 14.2 Å². The molecule has 1 atom stereocenters. The Morgan fingerprint density at radius 1 is 1.04 bits per heavy atom. The molecule has 0 radical (unpaired) electrons. The molecule has 1 saturated heterocycles. The van der Waals surface area contributed by atoms with Crippen LogP contribution in [0, 0.1) is 0 Å². The van der Waals surface area contributed by atoms with Gasteiger partial charge in [-0.1, -0.05) is 23.7 Å². The lowest BCUT2D eigenvalue weighted by Gasteiger charge is -2.34. The van der Waals surface area contributed by atoms with Crippen LogP contribution in [-0.4, -0.2) is 57.8 Å². The SMILES string of the molecule is O=C(CS(=O)Cc1ccc(Cl)cc1)N1CCN(C(=O)c2ccco2)CC1. The van der Waals surface area contributed by atoms with E-state index in [4.69, 9.17) is 16.0 Å². The first-order valence-electron chi connectivity index (χ1n) is 8.23. The highest BCUT2D eigenvalue weighted by atomic mass is 35.5. The molecule has 2 amide bonds. The Bertz CT molecular complexity index is 784. The van der Waals surface area contributed by atoms with Gasteiger partial charge in [0.2, 0.25) is 5.91 Å². The fourth-order valence-electron chi connectivity index (χ4n) is 2.76. The first kappa shape index (κ1) is 18.7. The number of nitrogens with zero attached hydrogens (tertiary/aromatic N) is 2. The lowest BCUT2D eigenvalue weighted by molar-refractivity contribution is -0.129. The Morgan fingerprint density at radius 2 is 1.69 bits per heavy atom. The van der Waals surface area contributed by atoms with E-state index in [1.807, 2.05) is 12.1 Å². The van der Waals surface area contributed by atoms with E-state index in [1.165, 1.54) is 6.26 Å². The van der Waals surface area contributed by atoms with Gasteiger partial charge >= 0.3 is 0 Å². The molecule has 0 spiro atoms. The van der Waals surface area contributed by atoms with Gasteiger partial charge in [0.15, 0.2) is 5.76 Å². The summed E-state index contributed by atoms with van der Waals surface area (Å²) in [6, 6.07) is 10.4. The number of rotatable bonds is 5. The first-order valence-corrected chi connectivity index (χ1v) is 10.1. The summed E-state index contributed by atoms with van der Waals surface area (Å²) in [4.78, 5) is 27.9. The predicted molar refractivity (Wildman–Crippen MR) is 99.4 cm³/mol. The molecule has 1 aliphatic rings. The molecule has 0 N–H and O–H groups in total. The van der Waals surface area contributed by atoms with Crippen molar-refractivity contribution in [3.63, 3.8) is 0 Å². The third-order valence-corrected chi connectivity index (χ3v) is 5.65. The lowest BCUT2D eigenvalue weighted by Crippen LogP contribution is -2.51. The normalized spacial score (nSPS) is 15.7. The average Bonchev–Trinajstić information content (AvgIpc) is 3.18. The molecule has 2 aromatic rings. The highest BCUT2D eigenvalue weighted by Crippen LogP contribution is 2.12. The lowest BCUT2D eigenvalue weighted by atomic mass is 10.2. The van der Waals surface area contributed by atoms with E-state index >= 15 is 0 Å². The van der Waals surface area contributed by atoms with Crippen molar-refractivity contribution in [1.29, 1.82) is 0 Å². The third-order valence-electron chi connectivity index (χ3n) is 4.18. The average molecular weight is 395 g/mol. The fourth-order valence-corrected chi connectivity index (χ4v) is 4.01. The molecule has 2 heterocycles. The third kappa shape index (κ3) is 4.74. The van der Waals surface area contributed by atoms with Crippen LogP contribution in [0.3, 0.4) is 0 Å². The molecule has 0 saturated carbocycles. The maximum atomic E-state index is 12.3. The Hall–Kier alpha value is -2.12. The highest BCUT2D eigenvalue weighted by Gasteiger charge is 2.26. The van der Waals surface area contributed by atoms with Crippen LogP contribution in [0.5, 0.6) is 0 Å². The van der Waals surface area contributed by atoms with E-state index in [1.54, 1.807) is 34.1 Å². The zero-order valence-electron chi connectivity index (χ0n) is 14.1. The summed E-state index contributed by atoms with van der Waals surface area (Å²) < 4.78 is 17.4. The largest absolute Gasteiger partial charge is 0.459 e. The zero-order valence-corrected chi connectivity index (χ0v) is 15.7. The van der Waals surface area contributed by atoms with E-state index in [2.05, 4.69) is 0 Å². The molecule has 1 aromatic carbocycles. The molecule has 26 heavy (non-hydrogen) atoms. The van der Waals surface area contributed by atoms with Crippen LogP contribution in [-0.2, 0) is 21.3 Å².